The first-order valence-electron chi connectivity index (χ1n) is 10.4. The van der Waals surface area contributed by atoms with E-state index in [0.29, 0.717) is 5.69 Å². The van der Waals surface area contributed by atoms with E-state index in [-0.39, 0.29) is 17.5 Å². The van der Waals surface area contributed by atoms with Gasteiger partial charge in [0.05, 0.1) is 11.1 Å². The minimum absolute atomic E-state index is 0.0154. The Morgan fingerprint density at radius 1 is 1.18 bits per heavy atom. The number of esters is 1. The van der Waals surface area contributed by atoms with Crippen molar-refractivity contribution < 1.29 is 19.5 Å². The summed E-state index contributed by atoms with van der Waals surface area (Å²) in [5.41, 5.74) is 2.91. The molecule has 1 aromatic rings. The third-order valence-corrected chi connectivity index (χ3v) is 6.08. The van der Waals surface area contributed by atoms with Crippen molar-refractivity contribution in [2.45, 2.75) is 76.7 Å². The molecular formula is C22H30N2O4. The Bertz CT molecular complexity index is 687. The molecule has 2 saturated carbocycles. The van der Waals surface area contributed by atoms with Gasteiger partial charge < -0.3 is 4.74 Å². The average Bonchev–Trinajstić information content (AvgIpc) is 3.25. The van der Waals surface area contributed by atoms with Crippen LogP contribution >= 0.6 is 0 Å². The number of hydrogen-bond donors (Lipinski definition) is 2. The number of rotatable bonds is 7. The van der Waals surface area contributed by atoms with E-state index in [1.165, 1.54) is 18.6 Å². The fourth-order valence-electron chi connectivity index (χ4n) is 4.33. The van der Waals surface area contributed by atoms with Gasteiger partial charge >= 0.3 is 5.97 Å². The van der Waals surface area contributed by atoms with Gasteiger partial charge in [-0.2, -0.15) is 0 Å². The van der Waals surface area contributed by atoms with Crippen LogP contribution in [0, 0.1) is 5.41 Å². The van der Waals surface area contributed by atoms with Crippen molar-refractivity contribution in [2.24, 2.45) is 5.41 Å². The Kier molecular flexibility index (Phi) is 7.20. The lowest BCUT2D eigenvalue weighted by Crippen LogP contribution is -2.37. The van der Waals surface area contributed by atoms with Crippen molar-refractivity contribution in [3.05, 3.63) is 35.7 Å². The number of ether oxygens (including phenoxy) is 1. The Morgan fingerprint density at radius 3 is 2.57 bits per heavy atom. The molecule has 6 heteroatoms. The normalized spacial score (nSPS) is 19.6. The SMILES string of the molecule is O=C(/C=C/c1ccc(CCC2(C(=O)OC3CCCC3)CCCCC2)cn1)NO. The van der Waals surface area contributed by atoms with Gasteiger partial charge in [-0.25, -0.2) is 5.48 Å². The molecule has 0 saturated heterocycles. The summed E-state index contributed by atoms with van der Waals surface area (Å²) in [5, 5.41) is 8.50. The van der Waals surface area contributed by atoms with Gasteiger partial charge in [0.1, 0.15) is 6.10 Å². The molecule has 0 bridgehead atoms. The van der Waals surface area contributed by atoms with E-state index < -0.39 is 5.91 Å². The molecule has 152 valence electrons. The van der Waals surface area contributed by atoms with E-state index in [4.69, 9.17) is 9.94 Å². The summed E-state index contributed by atoms with van der Waals surface area (Å²) in [6.07, 6.45) is 15.8. The van der Waals surface area contributed by atoms with Crippen LogP contribution in [0.1, 0.15) is 75.5 Å². The second-order valence-electron chi connectivity index (χ2n) is 8.05. The van der Waals surface area contributed by atoms with Crippen LogP contribution in [0.15, 0.2) is 24.4 Å². The van der Waals surface area contributed by atoms with E-state index in [1.807, 2.05) is 12.1 Å². The van der Waals surface area contributed by atoms with Gasteiger partial charge in [-0.1, -0.05) is 25.3 Å². The smallest absolute Gasteiger partial charge is 0.312 e. The topological polar surface area (TPSA) is 88.5 Å². The predicted molar refractivity (Wildman–Crippen MR) is 105 cm³/mol. The molecule has 0 aliphatic heterocycles. The molecule has 0 unspecified atom stereocenters. The quantitative estimate of drug-likeness (QED) is 0.320. The molecule has 0 spiro atoms. The first kappa shape index (κ1) is 20.5. The van der Waals surface area contributed by atoms with Gasteiger partial charge in [0, 0.05) is 12.3 Å². The summed E-state index contributed by atoms with van der Waals surface area (Å²) in [6, 6.07) is 3.81. The average molecular weight is 386 g/mol. The Labute approximate surface area is 166 Å². The number of aryl methyl sites for hydroxylation is 1. The maximum atomic E-state index is 13.0. The first-order valence-corrected chi connectivity index (χ1v) is 10.4. The van der Waals surface area contributed by atoms with E-state index in [2.05, 4.69) is 4.98 Å². The van der Waals surface area contributed by atoms with Gasteiger partial charge in [0.2, 0.25) is 0 Å². The summed E-state index contributed by atoms with van der Waals surface area (Å²) in [7, 11) is 0. The molecule has 0 radical (unpaired) electrons. The minimum atomic E-state index is -0.592. The van der Waals surface area contributed by atoms with Gasteiger partial charge in [-0.15, -0.1) is 0 Å². The number of aromatic nitrogens is 1. The highest BCUT2D eigenvalue weighted by Crippen LogP contribution is 2.42. The predicted octanol–water partition coefficient (Wildman–Crippen LogP) is 3.97. The van der Waals surface area contributed by atoms with Crippen LogP contribution in [-0.2, 0) is 20.7 Å². The number of carbonyl (C=O) groups excluding carboxylic acids is 2. The molecule has 2 fully saturated rings. The number of nitrogens with one attached hydrogen (secondary N) is 1. The zero-order valence-electron chi connectivity index (χ0n) is 16.4. The van der Waals surface area contributed by atoms with E-state index in [0.717, 1.165) is 69.8 Å². The number of nitrogens with zero attached hydrogens (tertiary/aromatic N) is 1. The van der Waals surface area contributed by atoms with E-state index in [1.54, 1.807) is 11.7 Å². The zero-order chi connectivity index (χ0) is 19.8. The molecule has 0 atom stereocenters. The Hall–Kier alpha value is -2.21. The summed E-state index contributed by atoms with van der Waals surface area (Å²) in [5.74, 6) is -0.576. The molecule has 3 rings (SSSR count). The van der Waals surface area contributed by atoms with Crippen molar-refractivity contribution in [2.75, 3.05) is 0 Å². The monoisotopic (exact) mass is 386 g/mol. The van der Waals surface area contributed by atoms with Gasteiger partial charge in [-0.05, 0) is 69.1 Å². The van der Waals surface area contributed by atoms with Crippen LogP contribution in [-0.4, -0.2) is 28.2 Å². The number of pyridine rings is 1. The number of amides is 1. The molecule has 1 amide bonds. The van der Waals surface area contributed by atoms with Gasteiger partial charge in [-0.3, -0.25) is 19.8 Å². The third kappa shape index (κ3) is 5.41. The number of carbonyl (C=O) groups is 2. The molecule has 0 aromatic carbocycles. The van der Waals surface area contributed by atoms with E-state index >= 15 is 0 Å². The molecule has 2 N–H and O–H groups in total. The van der Waals surface area contributed by atoms with Crippen molar-refractivity contribution in [3.8, 4) is 0 Å². The van der Waals surface area contributed by atoms with Crippen molar-refractivity contribution in [3.63, 3.8) is 0 Å². The molecule has 2 aliphatic rings. The molecular weight excluding hydrogens is 356 g/mol. The molecule has 1 heterocycles. The lowest BCUT2D eigenvalue weighted by atomic mass is 9.70. The highest BCUT2D eigenvalue weighted by Gasteiger charge is 2.41. The van der Waals surface area contributed by atoms with Crippen molar-refractivity contribution >= 4 is 18.0 Å². The molecule has 2 aliphatic carbocycles. The van der Waals surface area contributed by atoms with Gasteiger partial charge in [0.25, 0.3) is 5.91 Å². The summed E-state index contributed by atoms with van der Waals surface area (Å²) in [4.78, 5) is 28.4. The summed E-state index contributed by atoms with van der Waals surface area (Å²) < 4.78 is 5.90. The standard InChI is InChI=1S/C22H30N2O4/c25-20(24-27)11-10-18-9-8-17(16-23-18)12-15-22(13-4-1-5-14-22)21(26)28-19-6-2-3-7-19/h8-11,16,19,27H,1-7,12-15H2,(H,24,25)/b11-10+. The van der Waals surface area contributed by atoms with Crippen LogP contribution in [0.3, 0.4) is 0 Å². The minimum Gasteiger partial charge on any atom is -0.462 e. The largest absolute Gasteiger partial charge is 0.462 e. The molecule has 28 heavy (non-hydrogen) atoms. The van der Waals surface area contributed by atoms with Crippen molar-refractivity contribution in [1.82, 2.24) is 10.5 Å². The van der Waals surface area contributed by atoms with E-state index in [9.17, 15) is 9.59 Å². The van der Waals surface area contributed by atoms with Crippen LogP contribution in [0.5, 0.6) is 0 Å². The lowest BCUT2D eigenvalue weighted by molar-refractivity contribution is -0.164. The van der Waals surface area contributed by atoms with Crippen LogP contribution in [0.2, 0.25) is 0 Å². The summed E-state index contributed by atoms with van der Waals surface area (Å²) >= 11 is 0. The molecule has 1 aromatic heterocycles. The van der Waals surface area contributed by atoms with Crippen molar-refractivity contribution in [1.29, 1.82) is 0 Å². The molecule has 6 nitrogen and oxygen atoms in total. The number of hydroxylamine groups is 1. The second kappa shape index (κ2) is 9.82. The van der Waals surface area contributed by atoms with Gasteiger partial charge in [0.15, 0.2) is 0 Å². The summed E-state index contributed by atoms with van der Waals surface area (Å²) in [6.45, 7) is 0. The Morgan fingerprint density at radius 2 is 1.93 bits per heavy atom. The highest BCUT2D eigenvalue weighted by atomic mass is 16.5. The second-order valence-corrected chi connectivity index (χ2v) is 8.05. The van der Waals surface area contributed by atoms with Crippen LogP contribution < -0.4 is 5.48 Å². The fraction of sp³-hybridized carbons (Fsp3) is 0.591. The zero-order valence-corrected chi connectivity index (χ0v) is 16.4. The fourth-order valence-corrected chi connectivity index (χ4v) is 4.33. The number of hydrogen-bond acceptors (Lipinski definition) is 5. The maximum Gasteiger partial charge on any atom is 0.312 e. The maximum absolute atomic E-state index is 13.0. The Balaban J connectivity index is 1.60. The lowest BCUT2D eigenvalue weighted by Gasteiger charge is -2.36. The highest BCUT2D eigenvalue weighted by molar-refractivity contribution is 5.90. The van der Waals surface area contributed by atoms with Crippen LogP contribution in [0.25, 0.3) is 6.08 Å². The first-order chi connectivity index (χ1) is 13.6. The third-order valence-electron chi connectivity index (χ3n) is 6.08. The van der Waals surface area contributed by atoms with Crippen LogP contribution in [0.4, 0.5) is 0 Å².